The lowest BCUT2D eigenvalue weighted by Crippen LogP contribution is -2.52. The van der Waals surface area contributed by atoms with Gasteiger partial charge < -0.3 is 4.74 Å². The minimum absolute atomic E-state index is 0.124. The van der Waals surface area contributed by atoms with Crippen LogP contribution in [0.25, 0.3) is 0 Å². The molecule has 1 aliphatic rings. The van der Waals surface area contributed by atoms with Gasteiger partial charge in [0.2, 0.25) is 0 Å². The van der Waals surface area contributed by atoms with E-state index in [1.54, 1.807) is 0 Å². The van der Waals surface area contributed by atoms with Crippen LogP contribution >= 0.6 is 0 Å². The van der Waals surface area contributed by atoms with Crippen LogP contribution in [0.5, 0.6) is 0 Å². The molecule has 0 spiro atoms. The normalized spacial score (nSPS) is 30.3. The van der Waals surface area contributed by atoms with Crippen molar-refractivity contribution < 1.29 is 4.74 Å². The molecule has 98 valence electrons. The van der Waals surface area contributed by atoms with Gasteiger partial charge in [0.1, 0.15) is 5.54 Å². The average Bonchev–Trinajstić information content (AvgIpc) is 2.14. The molecule has 3 heteroatoms. The van der Waals surface area contributed by atoms with E-state index in [0.29, 0.717) is 6.04 Å². The van der Waals surface area contributed by atoms with E-state index in [4.69, 9.17) is 4.74 Å². The molecular formula is C14H26N2O. The predicted octanol–water partition coefficient (Wildman–Crippen LogP) is 3.00. The number of hydrogen-bond acceptors (Lipinski definition) is 3. The fourth-order valence-electron chi connectivity index (χ4n) is 2.64. The van der Waals surface area contributed by atoms with Crippen LogP contribution in [0.2, 0.25) is 0 Å². The Labute approximate surface area is 106 Å². The highest BCUT2D eigenvalue weighted by molar-refractivity contribution is 5.10. The molecule has 2 atom stereocenters. The maximum Gasteiger partial charge on any atom is 0.109 e. The minimum Gasteiger partial charge on any atom is -0.373 e. The molecular weight excluding hydrogens is 212 g/mol. The van der Waals surface area contributed by atoms with Crippen LogP contribution in [-0.2, 0) is 4.74 Å². The molecule has 0 radical (unpaired) electrons. The quantitative estimate of drug-likeness (QED) is 0.822. The van der Waals surface area contributed by atoms with Crippen molar-refractivity contribution in [2.75, 3.05) is 0 Å². The zero-order valence-electron chi connectivity index (χ0n) is 11.8. The predicted molar refractivity (Wildman–Crippen MR) is 69.7 cm³/mol. The highest BCUT2D eigenvalue weighted by Crippen LogP contribution is 2.32. The first kappa shape index (κ1) is 14.5. The number of nitriles is 1. The van der Waals surface area contributed by atoms with E-state index in [9.17, 15) is 5.26 Å². The topological polar surface area (TPSA) is 45.0 Å². The zero-order valence-corrected chi connectivity index (χ0v) is 11.8. The number of rotatable bonds is 3. The van der Waals surface area contributed by atoms with Gasteiger partial charge >= 0.3 is 0 Å². The molecule has 0 aromatic carbocycles. The smallest absolute Gasteiger partial charge is 0.109 e. The molecule has 0 saturated heterocycles. The van der Waals surface area contributed by atoms with Crippen molar-refractivity contribution in [3.05, 3.63) is 0 Å². The second-order valence-electron chi connectivity index (χ2n) is 6.44. The zero-order chi connectivity index (χ0) is 13.1. The summed E-state index contributed by atoms with van der Waals surface area (Å²) >= 11 is 0. The molecule has 2 unspecified atom stereocenters. The SMILES string of the molecule is CC(C)NC1(C#N)CCCC(OC(C)(C)C)C1. The minimum atomic E-state index is -0.387. The number of nitrogens with one attached hydrogen (secondary N) is 1. The Bertz CT molecular complexity index is 288. The van der Waals surface area contributed by atoms with Crippen LogP contribution in [0.15, 0.2) is 0 Å². The molecule has 1 aliphatic carbocycles. The van der Waals surface area contributed by atoms with Crippen molar-refractivity contribution in [1.29, 1.82) is 5.26 Å². The molecule has 0 bridgehead atoms. The van der Waals surface area contributed by atoms with Crippen molar-refractivity contribution in [3.63, 3.8) is 0 Å². The standard InChI is InChI=1S/C14H26N2O/c1-11(2)16-14(10-15)8-6-7-12(9-14)17-13(3,4)5/h11-12,16H,6-9H2,1-5H3. The fraction of sp³-hybridized carbons (Fsp3) is 0.929. The summed E-state index contributed by atoms with van der Waals surface area (Å²) in [6.45, 7) is 10.4. The van der Waals surface area contributed by atoms with Crippen LogP contribution in [0.1, 0.15) is 60.3 Å². The van der Waals surface area contributed by atoms with Crippen molar-refractivity contribution in [2.45, 2.75) is 83.6 Å². The molecule has 1 N–H and O–H groups in total. The number of ether oxygens (including phenoxy) is 1. The van der Waals surface area contributed by atoms with E-state index < -0.39 is 0 Å². The van der Waals surface area contributed by atoms with E-state index >= 15 is 0 Å². The fourth-order valence-corrected chi connectivity index (χ4v) is 2.64. The van der Waals surface area contributed by atoms with Gasteiger partial charge in [0, 0.05) is 12.5 Å². The van der Waals surface area contributed by atoms with E-state index in [1.165, 1.54) is 0 Å². The third-order valence-corrected chi connectivity index (χ3v) is 3.00. The summed E-state index contributed by atoms with van der Waals surface area (Å²) in [7, 11) is 0. The van der Waals surface area contributed by atoms with E-state index in [-0.39, 0.29) is 17.2 Å². The maximum absolute atomic E-state index is 9.44. The molecule has 0 heterocycles. The summed E-state index contributed by atoms with van der Waals surface area (Å²) in [6, 6.07) is 2.81. The third kappa shape index (κ3) is 4.65. The van der Waals surface area contributed by atoms with Gasteiger partial charge in [-0.2, -0.15) is 5.26 Å². The monoisotopic (exact) mass is 238 g/mol. The van der Waals surface area contributed by atoms with Gasteiger partial charge in [-0.25, -0.2) is 0 Å². The Morgan fingerprint density at radius 3 is 2.53 bits per heavy atom. The van der Waals surface area contributed by atoms with Crippen molar-refractivity contribution in [3.8, 4) is 6.07 Å². The Balaban J connectivity index is 2.67. The van der Waals surface area contributed by atoms with Gasteiger partial charge in [0.15, 0.2) is 0 Å². The first-order valence-corrected chi connectivity index (χ1v) is 6.63. The van der Waals surface area contributed by atoms with Gasteiger partial charge in [-0.1, -0.05) is 0 Å². The lowest BCUT2D eigenvalue weighted by atomic mass is 9.80. The molecule has 0 amide bonds. The van der Waals surface area contributed by atoms with Crippen molar-refractivity contribution in [1.82, 2.24) is 5.32 Å². The molecule has 0 aromatic heterocycles. The third-order valence-electron chi connectivity index (χ3n) is 3.00. The van der Waals surface area contributed by atoms with Gasteiger partial charge in [0.05, 0.1) is 17.8 Å². The van der Waals surface area contributed by atoms with E-state index in [1.807, 2.05) is 0 Å². The summed E-state index contributed by atoms with van der Waals surface area (Å²) in [5.74, 6) is 0. The summed E-state index contributed by atoms with van der Waals surface area (Å²) in [5, 5.41) is 12.9. The Hall–Kier alpha value is -0.590. The van der Waals surface area contributed by atoms with Gasteiger partial charge in [0.25, 0.3) is 0 Å². The molecule has 1 saturated carbocycles. The van der Waals surface area contributed by atoms with Crippen molar-refractivity contribution in [2.24, 2.45) is 0 Å². The second kappa shape index (κ2) is 5.37. The van der Waals surface area contributed by atoms with Crippen molar-refractivity contribution >= 4 is 0 Å². The lowest BCUT2D eigenvalue weighted by Gasteiger charge is -2.40. The molecule has 1 rings (SSSR count). The first-order chi connectivity index (χ1) is 7.76. The highest BCUT2D eigenvalue weighted by atomic mass is 16.5. The summed E-state index contributed by atoms with van der Waals surface area (Å²) in [6.07, 6.45) is 4.08. The molecule has 0 aromatic rings. The maximum atomic E-state index is 9.44. The first-order valence-electron chi connectivity index (χ1n) is 6.63. The van der Waals surface area contributed by atoms with Crippen LogP contribution in [0.3, 0.4) is 0 Å². The van der Waals surface area contributed by atoms with Gasteiger partial charge in [-0.3, -0.25) is 5.32 Å². The second-order valence-corrected chi connectivity index (χ2v) is 6.44. The largest absolute Gasteiger partial charge is 0.373 e. The summed E-state index contributed by atoms with van der Waals surface area (Å²) < 4.78 is 6.03. The number of nitrogens with zero attached hydrogens (tertiary/aromatic N) is 1. The van der Waals surface area contributed by atoms with Crippen LogP contribution < -0.4 is 5.32 Å². The highest BCUT2D eigenvalue weighted by Gasteiger charge is 2.38. The van der Waals surface area contributed by atoms with Crippen LogP contribution in [0.4, 0.5) is 0 Å². The molecule has 3 nitrogen and oxygen atoms in total. The Morgan fingerprint density at radius 2 is 2.06 bits per heavy atom. The summed E-state index contributed by atoms with van der Waals surface area (Å²) in [5.41, 5.74) is -0.511. The Kier molecular flexibility index (Phi) is 4.57. The van der Waals surface area contributed by atoms with Crippen LogP contribution in [-0.4, -0.2) is 23.3 Å². The summed E-state index contributed by atoms with van der Waals surface area (Å²) in [4.78, 5) is 0. The average molecular weight is 238 g/mol. The molecule has 17 heavy (non-hydrogen) atoms. The Morgan fingerprint density at radius 1 is 1.41 bits per heavy atom. The lowest BCUT2D eigenvalue weighted by molar-refractivity contribution is -0.0833. The van der Waals surface area contributed by atoms with E-state index in [0.717, 1.165) is 25.7 Å². The molecule has 1 fully saturated rings. The van der Waals surface area contributed by atoms with Gasteiger partial charge in [-0.05, 0) is 53.9 Å². The van der Waals surface area contributed by atoms with Crippen LogP contribution in [0, 0.1) is 11.3 Å². The van der Waals surface area contributed by atoms with E-state index in [2.05, 4.69) is 46.0 Å². The van der Waals surface area contributed by atoms with Gasteiger partial charge in [-0.15, -0.1) is 0 Å². The number of hydrogen-bond donors (Lipinski definition) is 1. The molecule has 0 aliphatic heterocycles.